The van der Waals surface area contributed by atoms with Crippen LogP contribution in [0.2, 0.25) is 0 Å². The summed E-state index contributed by atoms with van der Waals surface area (Å²) in [5, 5.41) is 5.45. The van der Waals surface area contributed by atoms with Gasteiger partial charge in [-0.05, 0) is 32.9 Å². The van der Waals surface area contributed by atoms with Crippen LogP contribution in [0.15, 0.2) is 12.1 Å². The molecule has 7 heteroatoms. The SMILES string of the molecule is CNc1nc(C)cc(C(=O)Nc2nc(C)cc(C)n2)n1. The van der Waals surface area contributed by atoms with Crippen molar-refractivity contribution in [2.45, 2.75) is 20.8 Å². The van der Waals surface area contributed by atoms with E-state index in [-0.39, 0.29) is 17.5 Å². The number of nitrogens with zero attached hydrogens (tertiary/aromatic N) is 4. The summed E-state index contributed by atoms with van der Waals surface area (Å²) >= 11 is 0. The molecule has 0 aliphatic rings. The van der Waals surface area contributed by atoms with Gasteiger partial charge in [-0.3, -0.25) is 10.1 Å². The molecule has 0 aromatic carbocycles. The minimum absolute atomic E-state index is 0.268. The molecule has 2 N–H and O–H groups in total. The number of carbonyl (C=O) groups excluding carboxylic acids is 1. The summed E-state index contributed by atoms with van der Waals surface area (Å²) in [5.74, 6) is 0.309. The number of hydrogen-bond donors (Lipinski definition) is 2. The van der Waals surface area contributed by atoms with E-state index in [0.29, 0.717) is 11.6 Å². The monoisotopic (exact) mass is 272 g/mol. The van der Waals surface area contributed by atoms with Crippen molar-refractivity contribution in [3.8, 4) is 0 Å². The fourth-order valence-electron chi connectivity index (χ4n) is 1.74. The van der Waals surface area contributed by atoms with E-state index in [2.05, 4.69) is 30.6 Å². The summed E-state index contributed by atoms with van der Waals surface area (Å²) in [6, 6.07) is 3.45. The van der Waals surface area contributed by atoms with Gasteiger partial charge in [0, 0.05) is 24.1 Å². The first-order chi connectivity index (χ1) is 9.47. The number of amides is 1. The normalized spacial score (nSPS) is 10.2. The number of rotatable bonds is 3. The Morgan fingerprint density at radius 3 is 2.05 bits per heavy atom. The minimum atomic E-state index is -0.364. The highest BCUT2D eigenvalue weighted by molar-refractivity contribution is 6.02. The average molecular weight is 272 g/mol. The van der Waals surface area contributed by atoms with Gasteiger partial charge in [-0.2, -0.15) is 0 Å². The third kappa shape index (κ3) is 3.25. The number of aromatic nitrogens is 4. The van der Waals surface area contributed by atoms with Crippen LogP contribution in [-0.2, 0) is 0 Å². The lowest BCUT2D eigenvalue weighted by molar-refractivity contribution is 0.102. The van der Waals surface area contributed by atoms with Crippen LogP contribution in [0.4, 0.5) is 11.9 Å². The van der Waals surface area contributed by atoms with Crippen LogP contribution in [0.3, 0.4) is 0 Å². The summed E-state index contributed by atoms with van der Waals surface area (Å²) in [7, 11) is 1.70. The third-order valence-corrected chi connectivity index (χ3v) is 2.52. The van der Waals surface area contributed by atoms with E-state index in [4.69, 9.17) is 0 Å². The minimum Gasteiger partial charge on any atom is -0.357 e. The average Bonchev–Trinajstić information content (AvgIpc) is 2.36. The Morgan fingerprint density at radius 1 is 0.900 bits per heavy atom. The highest BCUT2D eigenvalue weighted by Gasteiger charge is 2.12. The van der Waals surface area contributed by atoms with Crippen LogP contribution in [0.5, 0.6) is 0 Å². The lowest BCUT2D eigenvalue weighted by Gasteiger charge is -2.07. The standard InChI is InChI=1S/C13H16N6O/c1-7-5-8(2)17-13(16-7)19-11(20)10-6-9(3)15-12(14-4)18-10/h5-6H,1-4H3,(H,14,15,18)(H,16,17,19,20). The van der Waals surface area contributed by atoms with Gasteiger partial charge in [0.2, 0.25) is 11.9 Å². The van der Waals surface area contributed by atoms with Gasteiger partial charge in [-0.15, -0.1) is 0 Å². The molecule has 0 aliphatic heterocycles. The van der Waals surface area contributed by atoms with Crippen LogP contribution in [-0.4, -0.2) is 32.9 Å². The molecule has 0 spiro atoms. The maximum atomic E-state index is 12.1. The number of nitrogens with one attached hydrogen (secondary N) is 2. The first-order valence-corrected chi connectivity index (χ1v) is 6.15. The van der Waals surface area contributed by atoms with Crippen molar-refractivity contribution in [2.24, 2.45) is 0 Å². The molecule has 2 aromatic heterocycles. The summed E-state index contributed by atoms with van der Waals surface area (Å²) in [4.78, 5) is 28.7. The van der Waals surface area contributed by atoms with Crippen LogP contribution in [0.25, 0.3) is 0 Å². The zero-order valence-corrected chi connectivity index (χ0v) is 11.9. The van der Waals surface area contributed by atoms with Gasteiger partial charge >= 0.3 is 0 Å². The van der Waals surface area contributed by atoms with Crippen molar-refractivity contribution < 1.29 is 4.79 Å². The maximum absolute atomic E-state index is 12.1. The quantitative estimate of drug-likeness (QED) is 0.879. The van der Waals surface area contributed by atoms with Crippen LogP contribution >= 0.6 is 0 Å². The molecule has 20 heavy (non-hydrogen) atoms. The molecule has 2 rings (SSSR count). The van der Waals surface area contributed by atoms with Crippen LogP contribution in [0, 0.1) is 20.8 Å². The van der Waals surface area contributed by atoms with Crippen molar-refractivity contribution >= 4 is 17.8 Å². The molecule has 104 valence electrons. The summed E-state index contributed by atoms with van der Waals surface area (Å²) < 4.78 is 0. The molecule has 0 aliphatic carbocycles. The molecule has 1 amide bonds. The van der Waals surface area contributed by atoms with Crippen LogP contribution < -0.4 is 10.6 Å². The highest BCUT2D eigenvalue weighted by Crippen LogP contribution is 2.08. The number of carbonyl (C=O) groups is 1. The van der Waals surface area contributed by atoms with Gasteiger partial charge in [0.15, 0.2) is 0 Å². The summed E-state index contributed by atoms with van der Waals surface area (Å²) in [6.07, 6.45) is 0. The highest BCUT2D eigenvalue weighted by atomic mass is 16.2. The maximum Gasteiger partial charge on any atom is 0.276 e. The molecule has 0 atom stereocenters. The molecular weight excluding hydrogens is 256 g/mol. The zero-order valence-electron chi connectivity index (χ0n) is 11.9. The topological polar surface area (TPSA) is 92.7 Å². The van der Waals surface area contributed by atoms with E-state index in [1.54, 1.807) is 20.0 Å². The van der Waals surface area contributed by atoms with E-state index in [9.17, 15) is 4.79 Å². The van der Waals surface area contributed by atoms with Gasteiger partial charge < -0.3 is 5.32 Å². The largest absolute Gasteiger partial charge is 0.357 e. The molecule has 0 radical (unpaired) electrons. The third-order valence-electron chi connectivity index (χ3n) is 2.52. The van der Waals surface area contributed by atoms with Gasteiger partial charge in [-0.25, -0.2) is 19.9 Å². The van der Waals surface area contributed by atoms with Crippen LogP contribution in [0.1, 0.15) is 27.6 Å². The zero-order chi connectivity index (χ0) is 14.7. The van der Waals surface area contributed by atoms with Gasteiger partial charge in [0.1, 0.15) is 5.69 Å². The molecule has 0 saturated heterocycles. The van der Waals surface area contributed by atoms with Crippen molar-refractivity contribution in [2.75, 3.05) is 17.7 Å². The first kappa shape index (κ1) is 13.9. The predicted octanol–water partition coefficient (Wildman–Crippen LogP) is 1.49. The summed E-state index contributed by atoms with van der Waals surface area (Å²) in [6.45, 7) is 5.49. The smallest absolute Gasteiger partial charge is 0.276 e. The Balaban J connectivity index is 2.25. The lowest BCUT2D eigenvalue weighted by Crippen LogP contribution is -2.17. The Labute approximate surface area is 116 Å². The molecule has 0 saturated carbocycles. The van der Waals surface area contributed by atoms with E-state index < -0.39 is 0 Å². The van der Waals surface area contributed by atoms with Gasteiger partial charge in [-0.1, -0.05) is 0 Å². The Hall–Kier alpha value is -2.57. The Bertz CT molecular complexity index is 635. The number of hydrogen-bond acceptors (Lipinski definition) is 6. The van der Waals surface area contributed by atoms with Crippen molar-refractivity contribution in [3.05, 3.63) is 34.9 Å². The number of anilines is 2. The second-order valence-electron chi connectivity index (χ2n) is 4.40. The Morgan fingerprint density at radius 2 is 1.45 bits per heavy atom. The Kier molecular flexibility index (Phi) is 3.88. The van der Waals surface area contributed by atoms with Gasteiger partial charge in [0.05, 0.1) is 0 Å². The van der Waals surface area contributed by atoms with E-state index >= 15 is 0 Å². The molecule has 0 unspecified atom stereocenters. The molecule has 0 bridgehead atoms. The molecule has 2 aromatic rings. The molecule has 7 nitrogen and oxygen atoms in total. The fraction of sp³-hybridized carbons (Fsp3) is 0.308. The molecular formula is C13H16N6O. The van der Waals surface area contributed by atoms with E-state index in [1.165, 1.54) is 0 Å². The van der Waals surface area contributed by atoms with Crippen molar-refractivity contribution in [1.82, 2.24) is 19.9 Å². The molecule has 0 fully saturated rings. The number of aryl methyl sites for hydroxylation is 3. The second kappa shape index (κ2) is 5.60. The van der Waals surface area contributed by atoms with Crippen molar-refractivity contribution in [3.63, 3.8) is 0 Å². The van der Waals surface area contributed by atoms with E-state index in [1.807, 2.05) is 19.9 Å². The lowest BCUT2D eigenvalue weighted by atomic mass is 10.3. The van der Waals surface area contributed by atoms with Gasteiger partial charge in [0.25, 0.3) is 5.91 Å². The van der Waals surface area contributed by atoms with E-state index in [0.717, 1.165) is 11.4 Å². The first-order valence-electron chi connectivity index (χ1n) is 6.15. The molecule has 2 heterocycles. The second-order valence-corrected chi connectivity index (χ2v) is 4.40. The predicted molar refractivity (Wildman–Crippen MR) is 75.8 cm³/mol. The van der Waals surface area contributed by atoms with Crippen molar-refractivity contribution in [1.29, 1.82) is 0 Å². The summed E-state index contributed by atoms with van der Waals surface area (Å²) in [5.41, 5.74) is 2.56. The fourth-order valence-corrected chi connectivity index (χ4v) is 1.74.